The van der Waals surface area contributed by atoms with Crippen molar-refractivity contribution < 1.29 is 54.9 Å². The summed E-state index contributed by atoms with van der Waals surface area (Å²) in [5, 5.41) is 81.1. The van der Waals surface area contributed by atoms with Crippen molar-refractivity contribution in [2.75, 3.05) is 33.9 Å². The van der Waals surface area contributed by atoms with Crippen molar-refractivity contribution in [3.63, 3.8) is 0 Å². The van der Waals surface area contributed by atoms with E-state index in [2.05, 4.69) is 10.2 Å². The molecule has 1 aliphatic heterocycles. The van der Waals surface area contributed by atoms with Crippen LogP contribution in [0.15, 0.2) is 40.9 Å². The number of aliphatic hydroxyl groups is 5. The molecule has 0 saturated carbocycles. The fourth-order valence-electron chi connectivity index (χ4n) is 7.45. The van der Waals surface area contributed by atoms with Crippen LogP contribution in [-0.2, 0) is 20.0 Å². The summed E-state index contributed by atoms with van der Waals surface area (Å²) in [5.41, 5.74) is -7.31. The van der Waals surface area contributed by atoms with Crippen LogP contribution in [0.3, 0.4) is 0 Å². The Bertz CT molecular complexity index is 1520. The molecule has 1 aromatic carbocycles. The Morgan fingerprint density at radius 3 is 2.53 bits per heavy atom. The van der Waals surface area contributed by atoms with Crippen LogP contribution < -0.4 is 5.32 Å². The molecule has 16 nitrogen and oxygen atoms in total. The summed E-state index contributed by atoms with van der Waals surface area (Å²) in [6.45, 7) is 1.22. The fraction of sp³-hybridized carbons (Fsp3) is 0.552. The number of likely N-dealkylation sites (tertiary alicyclic amines) is 1. The largest absolute Gasteiger partial charge is 0.510 e. The first-order valence-electron chi connectivity index (χ1n) is 14.4. The van der Waals surface area contributed by atoms with E-state index in [1.807, 2.05) is 0 Å². The van der Waals surface area contributed by atoms with Gasteiger partial charge in [0.25, 0.3) is 11.0 Å². The van der Waals surface area contributed by atoms with E-state index >= 15 is 0 Å². The molecule has 7 atom stereocenters. The Kier molecular flexibility index (Phi) is 8.16. The predicted octanol–water partition coefficient (Wildman–Crippen LogP) is -0.592. The Morgan fingerprint density at radius 1 is 1.20 bits per heavy atom. The predicted molar refractivity (Wildman–Crippen MR) is 152 cm³/mol. The third-order valence-electron chi connectivity index (χ3n) is 9.58. The summed E-state index contributed by atoms with van der Waals surface area (Å²) in [6, 6.07) is 2.01. The fourth-order valence-corrected chi connectivity index (χ4v) is 7.45. The van der Waals surface area contributed by atoms with Gasteiger partial charge in [0.15, 0.2) is 11.4 Å². The van der Waals surface area contributed by atoms with Gasteiger partial charge in [-0.05, 0) is 45.5 Å². The number of Topliss-reactive ketones (excluding diaryl/α,β-unsaturated/α-hetero) is 2. The molecule has 0 radical (unpaired) electrons. The van der Waals surface area contributed by atoms with Gasteiger partial charge in [-0.1, -0.05) is 18.6 Å². The van der Waals surface area contributed by atoms with E-state index in [1.54, 1.807) is 4.90 Å². The number of benzene rings is 1. The second-order valence-corrected chi connectivity index (χ2v) is 12.3. The van der Waals surface area contributed by atoms with E-state index in [1.165, 1.54) is 44.1 Å². The van der Waals surface area contributed by atoms with Crippen LogP contribution in [0.1, 0.15) is 42.1 Å². The molecule has 0 spiro atoms. The Labute approximate surface area is 256 Å². The maximum Gasteiger partial charge on any atom is 0.294 e. The van der Waals surface area contributed by atoms with Crippen molar-refractivity contribution in [2.45, 2.75) is 55.6 Å². The number of piperidine rings is 1. The average molecular weight is 633 g/mol. The van der Waals surface area contributed by atoms with Crippen LogP contribution in [0.4, 0.5) is 0 Å². The van der Waals surface area contributed by atoms with E-state index in [0.717, 1.165) is 12.8 Å². The zero-order chi connectivity index (χ0) is 33.2. The molecule has 1 fully saturated rings. The number of ketones is 2. The maximum atomic E-state index is 14.0. The number of hydrogen-bond acceptors (Lipinski definition) is 14. The summed E-state index contributed by atoms with van der Waals surface area (Å²) >= 11 is 0. The number of amides is 1. The molecular weight excluding hydrogens is 596 g/mol. The highest BCUT2D eigenvalue weighted by molar-refractivity contribution is 6.25. The molecule has 1 heterocycles. The smallest absolute Gasteiger partial charge is 0.294 e. The molecule has 244 valence electrons. The number of hydrogen-bond donors (Lipinski definition) is 7. The lowest BCUT2D eigenvalue weighted by atomic mass is 9.54. The highest BCUT2D eigenvalue weighted by atomic mass is 16.9. The molecule has 45 heavy (non-hydrogen) atoms. The quantitative estimate of drug-likeness (QED) is 0.113. The number of carbonyl (C=O) groups is 3. The van der Waals surface area contributed by atoms with Gasteiger partial charge in [0.05, 0.1) is 47.4 Å². The lowest BCUT2D eigenvalue weighted by Crippen LogP contribution is -2.70. The van der Waals surface area contributed by atoms with Gasteiger partial charge in [-0.2, -0.15) is 0 Å². The number of nitrogens with zero attached hydrogens (tertiary/aromatic N) is 3. The molecule has 3 aliphatic carbocycles. The minimum Gasteiger partial charge on any atom is -0.510 e. The van der Waals surface area contributed by atoms with Gasteiger partial charge < -0.3 is 40.8 Å². The molecule has 6 unspecified atom stereocenters. The number of aliphatic hydroxyl groups excluding tert-OH is 3. The van der Waals surface area contributed by atoms with E-state index in [9.17, 15) is 55.1 Å². The number of phenolic OH excluding ortho intramolecular Hbond substituents is 1. The zero-order valence-electron chi connectivity index (χ0n) is 24.8. The second-order valence-electron chi connectivity index (χ2n) is 12.3. The molecule has 16 heteroatoms. The zero-order valence-corrected chi connectivity index (χ0v) is 24.8. The van der Waals surface area contributed by atoms with Crippen LogP contribution in [0, 0.1) is 22.0 Å². The van der Waals surface area contributed by atoms with Crippen molar-refractivity contribution in [3.8, 4) is 5.75 Å². The number of phenols is 1. The minimum atomic E-state index is -3.11. The van der Waals surface area contributed by atoms with Gasteiger partial charge in [-0.15, -0.1) is 10.1 Å². The molecule has 4 aliphatic rings. The standard InChI is InChI=1S/C29H36N4O12/c1-28(41)14-8-6-9-15(34)16(14)22(35)17-19(28)24(37)20-21(31(2)3)23(36)18(26(39)29(20,42)25(17)38)27(40)30-12-32-10-5-4-7-13(32)11-45-33(43)44/h6,8-9,13,19-21,24,34,36-38,41-42H,4-5,7,10-12H2,1-3H3,(H,30,40)/t13?,19?,20?,21?,24-,28?,29?/m0/s1. The second kappa shape index (κ2) is 11.4. The number of carbonyl (C=O) groups excluding carboxylic acids is 3. The van der Waals surface area contributed by atoms with Crippen LogP contribution >= 0.6 is 0 Å². The molecule has 5 rings (SSSR count). The molecule has 1 amide bonds. The third kappa shape index (κ3) is 4.84. The van der Waals surface area contributed by atoms with Gasteiger partial charge >= 0.3 is 0 Å². The monoisotopic (exact) mass is 632 g/mol. The Hall–Kier alpha value is -4.09. The van der Waals surface area contributed by atoms with E-state index in [-0.39, 0.29) is 18.8 Å². The number of nitrogens with one attached hydrogen (secondary N) is 1. The summed E-state index contributed by atoms with van der Waals surface area (Å²) < 4.78 is 0. The van der Waals surface area contributed by atoms with Crippen molar-refractivity contribution in [1.82, 2.24) is 15.1 Å². The van der Waals surface area contributed by atoms with Gasteiger partial charge in [0.2, 0.25) is 5.78 Å². The summed E-state index contributed by atoms with van der Waals surface area (Å²) in [4.78, 5) is 59.5. The van der Waals surface area contributed by atoms with Gasteiger partial charge in [0.1, 0.15) is 29.4 Å². The topological polar surface area (TPSA) is 243 Å². The number of rotatable bonds is 7. The first kappa shape index (κ1) is 32.3. The van der Waals surface area contributed by atoms with Crippen molar-refractivity contribution in [3.05, 3.63) is 62.1 Å². The van der Waals surface area contributed by atoms with Gasteiger partial charge in [-0.3, -0.25) is 24.2 Å². The molecule has 1 aromatic rings. The average Bonchev–Trinajstić information content (AvgIpc) is 2.97. The summed E-state index contributed by atoms with van der Waals surface area (Å²) in [5.74, 6) is -9.65. The van der Waals surface area contributed by atoms with Crippen LogP contribution in [0.2, 0.25) is 0 Å². The first-order valence-corrected chi connectivity index (χ1v) is 14.4. The Balaban J connectivity index is 1.56. The summed E-state index contributed by atoms with van der Waals surface area (Å²) in [6.07, 6.45) is 0.0930. The van der Waals surface area contributed by atoms with Gasteiger partial charge in [0, 0.05) is 12.6 Å². The number of fused-ring (bicyclic) bond motifs is 3. The highest BCUT2D eigenvalue weighted by Crippen LogP contribution is 2.56. The van der Waals surface area contributed by atoms with Crippen molar-refractivity contribution in [2.24, 2.45) is 11.8 Å². The van der Waals surface area contributed by atoms with Crippen LogP contribution in [0.5, 0.6) is 5.75 Å². The number of likely N-dealkylation sites (N-methyl/N-ethyl adjacent to an activating group) is 1. The van der Waals surface area contributed by atoms with Crippen molar-refractivity contribution in [1.29, 1.82) is 0 Å². The van der Waals surface area contributed by atoms with Crippen LogP contribution in [-0.4, -0.2) is 121 Å². The van der Waals surface area contributed by atoms with Crippen LogP contribution in [0.25, 0.3) is 0 Å². The molecular formula is C29H36N4O12. The van der Waals surface area contributed by atoms with Gasteiger partial charge in [-0.25, -0.2) is 0 Å². The van der Waals surface area contributed by atoms with E-state index in [4.69, 9.17) is 0 Å². The normalized spacial score (nSPS) is 33.4. The first-order chi connectivity index (χ1) is 21.1. The van der Waals surface area contributed by atoms with E-state index < -0.39 is 97.8 Å². The third-order valence-corrected chi connectivity index (χ3v) is 9.58. The van der Waals surface area contributed by atoms with E-state index in [0.29, 0.717) is 13.0 Å². The minimum absolute atomic E-state index is 0.0541. The maximum absolute atomic E-state index is 14.0. The molecule has 1 saturated heterocycles. The number of aromatic hydroxyl groups is 1. The molecule has 0 bridgehead atoms. The summed E-state index contributed by atoms with van der Waals surface area (Å²) in [7, 11) is 2.86. The lowest BCUT2D eigenvalue weighted by molar-refractivity contribution is -0.758. The molecule has 7 N–H and O–H groups in total. The SMILES string of the molecule is CN(C)C1C(O)=C(C(=O)NCN2CCCCC2CO[N+](=O)[O-])C(=O)C2(O)C(O)=C3C(=O)c4c(O)cccc4C(C)(O)C3[C@H](O)C12. The highest BCUT2D eigenvalue weighted by Gasteiger charge is 2.69. The lowest BCUT2D eigenvalue weighted by Gasteiger charge is -2.55. The van der Waals surface area contributed by atoms with Crippen molar-refractivity contribution >= 4 is 17.5 Å². The molecule has 0 aromatic heterocycles. The Morgan fingerprint density at radius 2 is 1.89 bits per heavy atom.